The molecular weight excluding hydrogens is 170 g/mol. The Kier molecular flexibility index (Phi) is 3.63. The third kappa shape index (κ3) is 2.73. The van der Waals surface area contributed by atoms with E-state index in [1.807, 2.05) is 0 Å². The minimum absolute atomic E-state index is 0.269. The molecule has 0 spiro atoms. The quantitative estimate of drug-likeness (QED) is 0.684. The Morgan fingerprint density at radius 1 is 1.07 bits per heavy atom. The Morgan fingerprint density at radius 2 is 1.64 bits per heavy atom. The summed E-state index contributed by atoms with van der Waals surface area (Å²) in [5, 5.41) is 0. The van der Waals surface area contributed by atoms with Gasteiger partial charge < -0.3 is 5.73 Å². The zero-order valence-corrected chi connectivity index (χ0v) is 10.5. The van der Waals surface area contributed by atoms with Crippen LogP contribution in [0.3, 0.4) is 0 Å². The van der Waals surface area contributed by atoms with Crippen molar-refractivity contribution in [1.82, 2.24) is 0 Å². The van der Waals surface area contributed by atoms with Crippen molar-refractivity contribution >= 4 is 0 Å². The predicted octanol–water partition coefficient (Wildman–Crippen LogP) is 3.43. The molecule has 1 nitrogen and oxygen atoms in total. The molecule has 1 aliphatic rings. The highest BCUT2D eigenvalue weighted by Gasteiger charge is 2.33. The number of hydrogen-bond donors (Lipinski definition) is 1. The van der Waals surface area contributed by atoms with Crippen molar-refractivity contribution in [1.29, 1.82) is 0 Å². The van der Waals surface area contributed by atoms with Crippen LogP contribution in [0.15, 0.2) is 0 Å². The highest BCUT2D eigenvalue weighted by Crippen LogP contribution is 2.38. The van der Waals surface area contributed by atoms with Crippen LogP contribution in [0.5, 0.6) is 0 Å². The molecule has 14 heavy (non-hydrogen) atoms. The molecule has 0 amide bonds. The summed E-state index contributed by atoms with van der Waals surface area (Å²) < 4.78 is 0. The van der Waals surface area contributed by atoms with Crippen molar-refractivity contribution in [2.24, 2.45) is 28.9 Å². The number of nitrogens with two attached hydrogens (primary N) is 1. The summed E-state index contributed by atoms with van der Waals surface area (Å²) in [4.78, 5) is 0. The topological polar surface area (TPSA) is 26.0 Å². The Bertz CT molecular complexity index is 180. The predicted molar refractivity (Wildman–Crippen MR) is 63.1 cm³/mol. The van der Waals surface area contributed by atoms with Crippen molar-refractivity contribution in [3.63, 3.8) is 0 Å². The second-order valence-corrected chi connectivity index (χ2v) is 6.42. The van der Waals surface area contributed by atoms with Crippen molar-refractivity contribution in [3.8, 4) is 0 Å². The molecule has 1 saturated carbocycles. The molecule has 1 heteroatoms. The molecule has 4 atom stereocenters. The van der Waals surface area contributed by atoms with E-state index in [1.165, 1.54) is 19.3 Å². The van der Waals surface area contributed by atoms with Gasteiger partial charge in [-0.15, -0.1) is 0 Å². The van der Waals surface area contributed by atoms with Crippen LogP contribution in [-0.4, -0.2) is 6.04 Å². The van der Waals surface area contributed by atoms with E-state index in [0.717, 1.165) is 17.8 Å². The average Bonchev–Trinajstić information content (AvgIpc) is 2.07. The Labute approximate surface area is 89.5 Å². The maximum Gasteiger partial charge on any atom is 0.0116 e. The molecule has 0 aromatic carbocycles. The maximum absolute atomic E-state index is 6.33. The van der Waals surface area contributed by atoms with E-state index in [1.54, 1.807) is 0 Å². The van der Waals surface area contributed by atoms with E-state index in [0.29, 0.717) is 6.04 Å². The highest BCUT2D eigenvalue weighted by molar-refractivity contribution is 4.88. The summed E-state index contributed by atoms with van der Waals surface area (Å²) in [7, 11) is 0. The van der Waals surface area contributed by atoms with E-state index >= 15 is 0 Å². The zero-order chi connectivity index (χ0) is 10.9. The van der Waals surface area contributed by atoms with Gasteiger partial charge in [0.05, 0.1) is 0 Å². The first-order valence-electron chi connectivity index (χ1n) is 6.08. The molecule has 0 aliphatic heterocycles. The standard InChI is InChI=1S/C13H27N/c1-9-6-7-11(8-10(9)2)12(14)13(3,4)5/h9-12H,6-8,14H2,1-5H3. The molecule has 0 aromatic rings. The minimum Gasteiger partial charge on any atom is -0.327 e. The van der Waals surface area contributed by atoms with Crippen LogP contribution in [0.2, 0.25) is 0 Å². The molecule has 0 radical (unpaired) electrons. The molecule has 1 rings (SSSR count). The monoisotopic (exact) mass is 197 g/mol. The van der Waals surface area contributed by atoms with Crippen LogP contribution in [0.4, 0.5) is 0 Å². The molecule has 0 bridgehead atoms. The molecule has 0 saturated heterocycles. The van der Waals surface area contributed by atoms with Gasteiger partial charge in [0.1, 0.15) is 0 Å². The van der Waals surface area contributed by atoms with E-state index < -0.39 is 0 Å². The lowest BCUT2D eigenvalue weighted by molar-refractivity contribution is 0.135. The van der Waals surface area contributed by atoms with Gasteiger partial charge in [-0.2, -0.15) is 0 Å². The van der Waals surface area contributed by atoms with Gasteiger partial charge in [0.15, 0.2) is 0 Å². The van der Waals surface area contributed by atoms with Crippen LogP contribution in [0.25, 0.3) is 0 Å². The fourth-order valence-electron chi connectivity index (χ4n) is 2.62. The lowest BCUT2D eigenvalue weighted by Gasteiger charge is -2.40. The van der Waals surface area contributed by atoms with Crippen LogP contribution >= 0.6 is 0 Å². The molecule has 0 aromatic heterocycles. The van der Waals surface area contributed by atoms with Gasteiger partial charge in [-0.05, 0) is 36.0 Å². The number of rotatable bonds is 1. The zero-order valence-electron chi connectivity index (χ0n) is 10.5. The van der Waals surface area contributed by atoms with Gasteiger partial charge in [-0.1, -0.05) is 41.0 Å². The first-order valence-corrected chi connectivity index (χ1v) is 6.08. The third-order valence-corrected chi connectivity index (χ3v) is 4.15. The fraction of sp³-hybridized carbons (Fsp3) is 1.00. The molecule has 1 fully saturated rings. The van der Waals surface area contributed by atoms with E-state index in [2.05, 4.69) is 34.6 Å². The summed E-state index contributed by atoms with van der Waals surface area (Å²) in [6.07, 6.45) is 4.04. The van der Waals surface area contributed by atoms with Crippen LogP contribution < -0.4 is 5.73 Å². The summed E-state index contributed by atoms with van der Waals surface area (Å²) in [6, 6.07) is 0.373. The van der Waals surface area contributed by atoms with Gasteiger partial charge in [0.25, 0.3) is 0 Å². The smallest absolute Gasteiger partial charge is 0.0116 e. The summed E-state index contributed by atoms with van der Waals surface area (Å²) in [6.45, 7) is 11.6. The van der Waals surface area contributed by atoms with Crippen LogP contribution in [0, 0.1) is 23.2 Å². The van der Waals surface area contributed by atoms with Crippen LogP contribution in [-0.2, 0) is 0 Å². The van der Waals surface area contributed by atoms with Gasteiger partial charge >= 0.3 is 0 Å². The SMILES string of the molecule is CC1CCC(C(N)C(C)(C)C)CC1C. The maximum atomic E-state index is 6.33. The van der Waals surface area contributed by atoms with Gasteiger partial charge in [-0.3, -0.25) is 0 Å². The Balaban J connectivity index is 2.55. The Hall–Kier alpha value is -0.0400. The highest BCUT2D eigenvalue weighted by atomic mass is 14.7. The molecule has 2 N–H and O–H groups in total. The van der Waals surface area contributed by atoms with Gasteiger partial charge in [-0.25, -0.2) is 0 Å². The minimum atomic E-state index is 0.269. The average molecular weight is 197 g/mol. The first-order chi connectivity index (χ1) is 6.32. The number of hydrogen-bond acceptors (Lipinski definition) is 1. The van der Waals surface area contributed by atoms with Crippen molar-refractivity contribution < 1.29 is 0 Å². The van der Waals surface area contributed by atoms with Crippen LogP contribution in [0.1, 0.15) is 53.9 Å². The van der Waals surface area contributed by atoms with Crippen molar-refractivity contribution in [2.75, 3.05) is 0 Å². The normalized spacial score (nSPS) is 36.9. The molecule has 4 unspecified atom stereocenters. The van der Waals surface area contributed by atoms with Gasteiger partial charge in [0, 0.05) is 6.04 Å². The second kappa shape index (κ2) is 4.22. The van der Waals surface area contributed by atoms with Crippen molar-refractivity contribution in [2.45, 2.75) is 59.9 Å². The van der Waals surface area contributed by atoms with Crippen molar-refractivity contribution in [3.05, 3.63) is 0 Å². The summed E-state index contributed by atoms with van der Waals surface area (Å²) in [5.74, 6) is 2.52. The third-order valence-electron chi connectivity index (χ3n) is 4.15. The molecule has 0 heterocycles. The molecule has 84 valence electrons. The van der Waals surface area contributed by atoms with Gasteiger partial charge in [0.2, 0.25) is 0 Å². The van der Waals surface area contributed by atoms with E-state index in [9.17, 15) is 0 Å². The fourth-order valence-corrected chi connectivity index (χ4v) is 2.62. The Morgan fingerprint density at radius 3 is 2.07 bits per heavy atom. The molecular formula is C13H27N. The molecule has 1 aliphatic carbocycles. The second-order valence-electron chi connectivity index (χ2n) is 6.42. The lowest BCUT2D eigenvalue weighted by atomic mass is 9.68. The summed E-state index contributed by atoms with van der Waals surface area (Å²) in [5.41, 5.74) is 6.60. The van der Waals surface area contributed by atoms with E-state index in [4.69, 9.17) is 5.73 Å². The first kappa shape index (κ1) is 12.0. The largest absolute Gasteiger partial charge is 0.327 e. The summed E-state index contributed by atoms with van der Waals surface area (Å²) >= 11 is 0. The van der Waals surface area contributed by atoms with E-state index in [-0.39, 0.29) is 5.41 Å². The lowest BCUT2D eigenvalue weighted by Crippen LogP contribution is -2.44.